The molecule has 1 atom stereocenters. The lowest BCUT2D eigenvalue weighted by Gasteiger charge is -2.32. The number of aliphatic carboxylic acids is 1. The number of carboxylic acid groups (broad SMARTS) is 1. The molecule has 3 rings (SSSR count). The van der Waals surface area contributed by atoms with Crippen molar-refractivity contribution in [1.82, 2.24) is 0 Å². The summed E-state index contributed by atoms with van der Waals surface area (Å²) in [7, 11) is -17.6. The van der Waals surface area contributed by atoms with E-state index >= 15 is 0 Å². The second-order valence-electron chi connectivity index (χ2n) is 15.2. The van der Waals surface area contributed by atoms with Gasteiger partial charge in [0.05, 0.1) is 27.8 Å². The summed E-state index contributed by atoms with van der Waals surface area (Å²) in [4.78, 5) is 12.4. The molecule has 1 heterocycles. The SMILES string of the molecule is C=C(C=CC=CC=C1N(CCCCCC(=O)O)c2ccc(S(=O)(=O)O)cc2C1(C)C)C(C)(CCCCS(=O)(=O)O)c1cc(S(=O)(=O)O)ccc1[NH2+]CCCCS(=O)(=O)O. The fraction of sp³-hybridized carbons (Fsp3) is 0.462. The van der Waals surface area contributed by atoms with Gasteiger partial charge in [-0.05, 0) is 86.1 Å². The summed E-state index contributed by atoms with van der Waals surface area (Å²) in [6.07, 6.45) is 11.7. The smallest absolute Gasteiger partial charge is 0.303 e. The van der Waals surface area contributed by atoms with Crippen LogP contribution in [0.5, 0.6) is 0 Å². The normalized spacial score (nSPS) is 16.5. The summed E-state index contributed by atoms with van der Waals surface area (Å²) >= 11 is 0. The average Bonchev–Trinajstić information content (AvgIpc) is 3.32. The molecule has 1 aliphatic heterocycles. The van der Waals surface area contributed by atoms with Gasteiger partial charge in [-0.25, -0.2) is 0 Å². The van der Waals surface area contributed by atoms with E-state index in [0.717, 1.165) is 11.4 Å². The van der Waals surface area contributed by atoms with Gasteiger partial charge in [0, 0.05) is 46.8 Å². The number of fused-ring (bicyclic) bond motifs is 1. The van der Waals surface area contributed by atoms with Crippen molar-refractivity contribution in [2.24, 2.45) is 0 Å². The van der Waals surface area contributed by atoms with E-state index in [1.165, 1.54) is 30.3 Å². The molecule has 1 unspecified atom stereocenters. The highest BCUT2D eigenvalue weighted by molar-refractivity contribution is 7.86. The first-order valence-corrected chi connectivity index (χ1v) is 25.0. The van der Waals surface area contributed by atoms with Gasteiger partial charge in [-0.15, -0.1) is 0 Å². The number of nitrogens with two attached hydrogens (primary N) is 1. The number of benzene rings is 2. The molecule has 0 amide bonds. The first-order valence-electron chi connectivity index (χ1n) is 18.9. The summed E-state index contributed by atoms with van der Waals surface area (Å²) in [5, 5.41) is 10.8. The van der Waals surface area contributed by atoms with Gasteiger partial charge in [0.2, 0.25) is 0 Å². The van der Waals surface area contributed by atoms with E-state index < -0.39 is 68.8 Å². The van der Waals surface area contributed by atoms with E-state index in [0.29, 0.717) is 61.2 Å². The van der Waals surface area contributed by atoms with Crippen LogP contribution < -0.4 is 10.2 Å². The number of anilines is 1. The number of hydrogen-bond acceptors (Lipinski definition) is 10. The Morgan fingerprint density at radius 3 is 1.97 bits per heavy atom. The highest BCUT2D eigenvalue weighted by atomic mass is 32.2. The minimum Gasteiger partial charge on any atom is -0.481 e. The van der Waals surface area contributed by atoms with Crippen molar-refractivity contribution in [1.29, 1.82) is 0 Å². The van der Waals surface area contributed by atoms with Crippen molar-refractivity contribution in [3.05, 3.63) is 95.8 Å². The largest absolute Gasteiger partial charge is 0.481 e. The van der Waals surface area contributed by atoms with E-state index in [4.69, 9.17) is 9.66 Å². The zero-order valence-corrected chi connectivity index (χ0v) is 36.6. The minimum atomic E-state index is -4.66. The first kappa shape index (κ1) is 49.6. The average molecular weight is 904 g/mol. The van der Waals surface area contributed by atoms with Gasteiger partial charge in [0.25, 0.3) is 40.5 Å². The second kappa shape index (κ2) is 20.2. The predicted octanol–water partition coefficient (Wildman–Crippen LogP) is 5.35. The number of carboxylic acids is 1. The summed E-state index contributed by atoms with van der Waals surface area (Å²) in [5.74, 6) is -1.82. The molecule has 7 N–H and O–H groups in total. The minimum absolute atomic E-state index is 0.0394. The Morgan fingerprint density at radius 2 is 1.37 bits per heavy atom. The van der Waals surface area contributed by atoms with Gasteiger partial charge < -0.3 is 15.3 Å². The van der Waals surface area contributed by atoms with Crippen LogP contribution in [0.25, 0.3) is 0 Å². The number of rotatable bonds is 24. The molecule has 16 nitrogen and oxygen atoms in total. The third-order valence-electron chi connectivity index (χ3n) is 10.4. The van der Waals surface area contributed by atoms with Crippen LogP contribution >= 0.6 is 0 Å². The molecular formula is C39H55N2O14S4+. The third-order valence-corrected chi connectivity index (χ3v) is 13.7. The van der Waals surface area contributed by atoms with Crippen LogP contribution in [0.3, 0.4) is 0 Å². The topological polar surface area (TPSA) is 275 Å². The number of quaternary nitrogens is 1. The quantitative estimate of drug-likeness (QED) is 0.0335. The molecule has 328 valence electrons. The van der Waals surface area contributed by atoms with E-state index in [9.17, 15) is 52.1 Å². The van der Waals surface area contributed by atoms with Gasteiger partial charge in [0.1, 0.15) is 5.69 Å². The van der Waals surface area contributed by atoms with Crippen LogP contribution in [0.4, 0.5) is 11.4 Å². The van der Waals surface area contributed by atoms with Crippen LogP contribution in [0, 0.1) is 0 Å². The fourth-order valence-corrected chi connectivity index (χ4v) is 9.27. The standard InChI is InChI=1S/C39H54N2O14S4/c1-29(15-7-5-8-16-36-38(2,3)33-28-31(59(53,54)55)19-21-35(33)41(36)24-12-6-9-17-37(42)43)39(4,22-10-13-25-56(44,45)46)32-27-30(58(50,51)52)18-20-34(32)40-23-11-14-26-57(47,48)49/h5,7-8,15-16,18-21,27-28,40H,1,6,9-14,17,22-26H2,2-4H3,(H,42,43)(H,44,45,46)(H,47,48,49)(H,50,51,52)(H,53,54,55)/p+1. The monoisotopic (exact) mass is 903 g/mol. The molecule has 0 saturated carbocycles. The van der Waals surface area contributed by atoms with Gasteiger partial charge in [-0.3, -0.25) is 23.0 Å². The highest BCUT2D eigenvalue weighted by Crippen LogP contribution is 2.48. The van der Waals surface area contributed by atoms with E-state index in [1.54, 1.807) is 42.6 Å². The van der Waals surface area contributed by atoms with Crippen molar-refractivity contribution in [2.75, 3.05) is 29.5 Å². The van der Waals surface area contributed by atoms with Crippen molar-refractivity contribution in [2.45, 2.75) is 99.2 Å². The molecule has 0 aromatic heterocycles. The van der Waals surface area contributed by atoms with Gasteiger partial charge >= 0.3 is 5.97 Å². The molecule has 0 saturated heterocycles. The van der Waals surface area contributed by atoms with Gasteiger partial charge in [-0.1, -0.05) is 64.5 Å². The number of nitrogens with zero attached hydrogens (tertiary/aromatic N) is 1. The Hall–Kier alpha value is -3.73. The number of allylic oxidation sites excluding steroid dienone is 7. The fourth-order valence-electron chi connectivity index (χ4n) is 7.11. The molecule has 0 bridgehead atoms. The Labute approximate surface area is 347 Å². The van der Waals surface area contributed by atoms with E-state index in [-0.39, 0.29) is 41.9 Å². The molecule has 2 aromatic carbocycles. The summed E-state index contributed by atoms with van der Waals surface area (Å²) in [5.41, 5.74) is 1.90. The zero-order valence-electron chi connectivity index (χ0n) is 33.3. The Balaban J connectivity index is 2.00. The lowest BCUT2D eigenvalue weighted by atomic mass is 9.72. The molecular weight excluding hydrogens is 849 g/mol. The van der Waals surface area contributed by atoms with Crippen LogP contribution in [0.15, 0.2) is 94.4 Å². The van der Waals surface area contributed by atoms with Crippen molar-refractivity contribution in [3.63, 3.8) is 0 Å². The van der Waals surface area contributed by atoms with Crippen LogP contribution in [-0.2, 0) is 56.1 Å². The molecule has 0 aliphatic carbocycles. The van der Waals surface area contributed by atoms with E-state index in [1.807, 2.05) is 24.8 Å². The second-order valence-corrected chi connectivity index (χ2v) is 21.2. The van der Waals surface area contributed by atoms with Crippen molar-refractivity contribution in [3.8, 4) is 0 Å². The van der Waals surface area contributed by atoms with Crippen molar-refractivity contribution < 1.29 is 67.1 Å². The third kappa shape index (κ3) is 14.7. The molecule has 0 radical (unpaired) electrons. The number of unbranched alkanes of at least 4 members (excludes halogenated alkanes) is 4. The molecule has 1 aliphatic rings. The van der Waals surface area contributed by atoms with Crippen LogP contribution in [0.2, 0.25) is 0 Å². The van der Waals surface area contributed by atoms with Crippen LogP contribution in [0.1, 0.15) is 89.7 Å². The molecule has 0 fully saturated rings. The lowest BCUT2D eigenvalue weighted by Crippen LogP contribution is -2.78. The van der Waals surface area contributed by atoms with Crippen molar-refractivity contribution >= 4 is 57.8 Å². The predicted molar refractivity (Wildman–Crippen MR) is 224 cm³/mol. The van der Waals surface area contributed by atoms with Gasteiger partial charge in [0.15, 0.2) is 0 Å². The maximum absolute atomic E-state index is 12.3. The maximum Gasteiger partial charge on any atom is 0.303 e. The summed E-state index contributed by atoms with van der Waals surface area (Å²) in [6.45, 7) is 10.8. The number of carbonyl (C=O) groups is 1. The van der Waals surface area contributed by atoms with Gasteiger partial charge in [-0.2, -0.15) is 33.7 Å². The molecule has 0 spiro atoms. The zero-order chi connectivity index (χ0) is 44.5. The highest BCUT2D eigenvalue weighted by Gasteiger charge is 2.40. The summed E-state index contributed by atoms with van der Waals surface area (Å²) < 4.78 is 132. The van der Waals surface area contributed by atoms with Crippen LogP contribution in [-0.4, -0.2) is 87.6 Å². The molecule has 20 heteroatoms. The maximum atomic E-state index is 12.3. The molecule has 59 heavy (non-hydrogen) atoms. The first-order chi connectivity index (χ1) is 27.2. The molecule has 2 aromatic rings. The Morgan fingerprint density at radius 1 is 0.780 bits per heavy atom. The summed E-state index contributed by atoms with van der Waals surface area (Å²) in [6, 6.07) is 8.43. The van der Waals surface area contributed by atoms with E-state index in [2.05, 4.69) is 6.58 Å². The number of hydrogen-bond donors (Lipinski definition) is 6. The Kier molecular flexibility index (Phi) is 17.0. The lowest BCUT2D eigenvalue weighted by molar-refractivity contribution is -0.572. The Bertz CT molecular complexity index is 2400.